The maximum atomic E-state index is 12.5. The molecule has 2 aromatic heterocycles. The summed E-state index contributed by atoms with van der Waals surface area (Å²) in [6, 6.07) is 13.6. The first-order chi connectivity index (χ1) is 10.3. The summed E-state index contributed by atoms with van der Waals surface area (Å²) in [4.78, 5) is 17.7. The van der Waals surface area contributed by atoms with Gasteiger partial charge in [-0.25, -0.2) is 4.98 Å². The van der Waals surface area contributed by atoms with Gasteiger partial charge in [0.15, 0.2) is 5.13 Å². The fourth-order valence-electron chi connectivity index (χ4n) is 1.86. The summed E-state index contributed by atoms with van der Waals surface area (Å²) in [7, 11) is 0. The van der Waals surface area contributed by atoms with E-state index in [1.807, 2.05) is 59.3 Å². The van der Waals surface area contributed by atoms with Gasteiger partial charge in [0.05, 0.1) is 0 Å². The number of thiazole rings is 1. The van der Waals surface area contributed by atoms with E-state index < -0.39 is 0 Å². The average molecular weight is 312 g/mol. The first-order valence-electron chi connectivity index (χ1n) is 6.34. The van der Waals surface area contributed by atoms with Crippen LogP contribution in [-0.2, 0) is 4.79 Å². The largest absolute Gasteiger partial charge is 0.298 e. The lowest BCUT2D eigenvalue weighted by Crippen LogP contribution is -2.13. The van der Waals surface area contributed by atoms with Crippen molar-refractivity contribution in [2.45, 2.75) is 0 Å². The molecule has 0 saturated heterocycles. The van der Waals surface area contributed by atoms with Crippen molar-refractivity contribution in [1.82, 2.24) is 4.98 Å². The molecule has 0 aliphatic carbocycles. The molecule has 0 atom stereocenters. The number of hydrogen-bond donors (Lipinski definition) is 1. The molecular formula is C16H12N2OS2. The van der Waals surface area contributed by atoms with Gasteiger partial charge in [-0.15, -0.1) is 22.7 Å². The van der Waals surface area contributed by atoms with E-state index in [1.165, 1.54) is 11.3 Å². The third-order valence-electron chi connectivity index (χ3n) is 2.81. The summed E-state index contributed by atoms with van der Waals surface area (Å²) in [5.41, 5.74) is 1.52. The van der Waals surface area contributed by atoms with Crippen molar-refractivity contribution in [3.8, 4) is 0 Å². The molecule has 21 heavy (non-hydrogen) atoms. The maximum Gasteiger partial charge on any atom is 0.258 e. The summed E-state index contributed by atoms with van der Waals surface area (Å²) < 4.78 is 0. The molecule has 0 saturated carbocycles. The molecule has 0 radical (unpaired) electrons. The SMILES string of the molecule is O=C(Nc1nccs1)C(=Cc1cccs1)c1ccccc1. The minimum absolute atomic E-state index is 0.149. The summed E-state index contributed by atoms with van der Waals surface area (Å²) >= 11 is 3.01. The van der Waals surface area contributed by atoms with Gasteiger partial charge in [-0.3, -0.25) is 10.1 Å². The Labute approximate surface area is 130 Å². The van der Waals surface area contributed by atoms with Crippen LogP contribution < -0.4 is 5.32 Å². The summed E-state index contributed by atoms with van der Waals surface area (Å²) in [6.45, 7) is 0. The van der Waals surface area contributed by atoms with Crippen LogP contribution >= 0.6 is 22.7 Å². The summed E-state index contributed by atoms with van der Waals surface area (Å²) in [5, 5.41) is 7.27. The molecule has 0 unspecified atom stereocenters. The first kappa shape index (κ1) is 13.7. The fraction of sp³-hybridized carbons (Fsp3) is 0. The molecule has 2 heterocycles. The third kappa shape index (κ3) is 3.45. The van der Waals surface area contributed by atoms with Gasteiger partial charge in [0.1, 0.15) is 0 Å². The number of hydrogen-bond acceptors (Lipinski definition) is 4. The molecule has 5 heteroatoms. The Morgan fingerprint density at radius 3 is 2.57 bits per heavy atom. The number of nitrogens with one attached hydrogen (secondary N) is 1. The van der Waals surface area contributed by atoms with Crippen molar-refractivity contribution >= 4 is 45.4 Å². The Bertz CT molecular complexity index is 732. The molecule has 0 bridgehead atoms. The highest BCUT2D eigenvalue weighted by atomic mass is 32.1. The number of carbonyl (C=O) groups excluding carboxylic acids is 1. The quantitative estimate of drug-likeness (QED) is 0.726. The van der Waals surface area contributed by atoms with E-state index >= 15 is 0 Å². The van der Waals surface area contributed by atoms with Gasteiger partial charge in [0, 0.05) is 22.0 Å². The lowest BCUT2D eigenvalue weighted by molar-refractivity contribution is -0.111. The Kier molecular flexibility index (Phi) is 4.23. The van der Waals surface area contributed by atoms with Crippen LogP contribution in [0.1, 0.15) is 10.4 Å². The van der Waals surface area contributed by atoms with Crippen LogP contribution in [0.3, 0.4) is 0 Å². The summed E-state index contributed by atoms with van der Waals surface area (Å²) in [6.07, 6.45) is 3.58. The first-order valence-corrected chi connectivity index (χ1v) is 8.10. The Morgan fingerprint density at radius 2 is 1.90 bits per heavy atom. The molecule has 0 aliphatic rings. The van der Waals surface area contributed by atoms with Crippen LogP contribution in [-0.4, -0.2) is 10.9 Å². The predicted octanol–water partition coefficient (Wildman–Crippen LogP) is 4.38. The highest BCUT2D eigenvalue weighted by Crippen LogP contribution is 2.23. The van der Waals surface area contributed by atoms with Crippen molar-refractivity contribution in [2.24, 2.45) is 0 Å². The number of nitrogens with zero attached hydrogens (tertiary/aromatic N) is 1. The van der Waals surface area contributed by atoms with E-state index in [0.717, 1.165) is 10.4 Å². The van der Waals surface area contributed by atoms with E-state index in [2.05, 4.69) is 10.3 Å². The molecule has 3 aromatic rings. The molecule has 0 fully saturated rings. The van der Waals surface area contributed by atoms with Crippen LogP contribution in [0.2, 0.25) is 0 Å². The number of carbonyl (C=O) groups is 1. The third-order valence-corrected chi connectivity index (χ3v) is 4.32. The minimum Gasteiger partial charge on any atom is -0.298 e. The number of rotatable bonds is 4. The lowest BCUT2D eigenvalue weighted by Gasteiger charge is -2.07. The zero-order chi connectivity index (χ0) is 14.5. The number of anilines is 1. The van der Waals surface area contributed by atoms with Crippen molar-refractivity contribution < 1.29 is 4.79 Å². The van der Waals surface area contributed by atoms with E-state index in [-0.39, 0.29) is 5.91 Å². The van der Waals surface area contributed by atoms with E-state index in [9.17, 15) is 4.79 Å². The smallest absolute Gasteiger partial charge is 0.258 e. The van der Waals surface area contributed by atoms with Crippen molar-refractivity contribution in [2.75, 3.05) is 5.32 Å². The van der Waals surface area contributed by atoms with Crippen LogP contribution in [0.4, 0.5) is 5.13 Å². The maximum absolute atomic E-state index is 12.5. The number of thiophene rings is 1. The molecule has 3 rings (SSSR count). The second-order valence-corrected chi connectivity index (χ2v) is 6.10. The molecule has 1 N–H and O–H groups in total. The van der Waals surface area contributed by atoms with Crippen molar-refractivity contribution in [3.05, 3.63) is 69.9 Å². The van der Waals surface area contributed by atoms with Crippen LogP contribution in [0, 0.1) is 0 Å². The van der Waals surface area contributed by atoms with E-state index in [0.29, 0.717) is 10.7 Å². The zero-order valence-electron chi connectivity index (χ0n) is 11.0. The molecule has 1 amide bonds. The highest BCUT2D eigenvalue weighted by molar-refractivity contribution is 7.13. The number of benzene rings is 1. The fourth-order valence-corrected chi connectivity index (χ4v) is 3.04. The van der Waals surface area contributed by atoms with Gasteiger partial charge in [-0.05, 0) is 23.1 Å². The standard InChI is InChI=1S/C16H12N2OS2/c19-15(18-16-17-8-10-21-16)14(11-13-7-4-9-20-13)12-5-2-1-3-6-12/h1-11H,(H,17,18,19). The monoisotopic (exact) mass is 312 g/mol. The summed E-state index contributed by atoms with van der Waals surface area (Å²) in [5.74, 6) is -0.149. The van der Waals surface area contributed by atoms with Gasteiger partial charge in [-0.2, -0.15) is 0 Å². The van der Waals surface area contributed by atoms with Crippen molar-refractivity contribution in [3.63, 3.8) is 0 Å². The van der Waals surface area contributed by atoms with Gasteiger partial charge in [0.2, 0.25) is 0 Å². The predicted molar refractivity (Wildman–Crippen MR) is 89.4 cm³/mol. The number of amides is 1. The molecule has 1 aromatic carbocycles. The van der Waals surface area contributed by atoms with Crippen LogP contribution in [0.5, 0.6) is 0 Å². The average Bonchev–Trinajstić information content (AvgIpc) is 3.19. The molecular weight excluding hydrogens is 300 g/mol. The molecule has 104 valence electrons. The van der Waals surface area contributed by atoms with Gasteiger partial charge < -0.3 is 0 Å². The van der Waals surface area contributed by atoms with Gasteiger partial charge in [-0.1, -0.05) is 36.4 Å². The zero-order valence-corrected chi connectivity index (χ0v) is 12.7. The molecule has 0 aliphatic heterocycles. The number of aromatic nitrogens is 1. The second-order valence-electron chi connectivity index (χ2n) is 4.23. The lowest BCUT2D eigenvalue weighted by atomic mass is 10.0. The molecule has 3 nitrogen and oxygen atoms in total. The Balaban J connectivity index is 1.94. The highest BCUT2D eigenvalue weighted by Gasteiger charge is 2.13. The van der Waals surface area contributed by atoms with Crippen LogP contribution in [0.15, 0.2) is 59.4 Å². The topological polar surface area (TPSA) is 42.0 Å². The second kappa shape index (κ2) is 6.47. The minimum atomic E-state index is -0.149. The Morgan fingerprint density at radius 1 is 1.05 bits per heavy atom. The molecule has 0 spiro atoms. The van der Waals surface area contributed by atoms with Gasteiger partial charge in [0.25, 0.3) is 5.91 Å². The normalized spacial score (nSPS) is 11.3. The van der Waals surface area contributed by atoms with E-state index in [1.54, 1.807) is 17.5 Å². The Hall–Kier alpha value is -2.24. The van der Waals surface area contributed by atoms with Crippen LogP contribution in [0.25, 0.3) is 11.6 Å². The van der Waals surface area contributed by atoms with E-state index in [4.69, 9.17) is 0 Å². The van der Waals surface area contributed by atoms with Gasteiger partial charge >= 0.3 is 0 Å². The van der Waals surface area contributed by atoms with Crippen molar-refractivity contribution in [1.29, 1.82) is 0 Å².